The van der Waals surface area contributed by atoms with Gasteiger partial charge in [0.2, 0.25) is 0 Å². The molecule has 1 aromatic carbocycles. The van der Waals surface area contributed by atoms with Crippen LogP contribution < -0.4 is 10.6 Å². The van der Waals surface area contributed by atoms with Gasteiger partial charge in [-0.1, -0.05) is 30.3 Å². The molecule has 3 nitrogen and oxygen atoms in total. The van der Waals surface area contributed by atoms with E-state index in [4.69, 9.17) is 0 Å². The van der Waals surface area contributed by atoms with Crippen molar-refractivity contribution in [2.75, 3.05) is 17.2 Å². The molecule has 0 radical (unpaired) electrons. The minimum absolute atomic E-state index is 0.116. The van der Waals surface area contributed by atoms with Crippen LogP contribution in [0.1, 0.15) is 18.1 Å². The van der Waals surface area contributed by atoms with Crippen LogP contribution in [0.2, 0.25) is 0 Å². The molecule has 0 fully saturated rings. The van der Waals surface area contributed by atoms with Gasteiger partial charge in [0, 0.05) is 12.7 Å². The van der Waals surface area contributed by atoms with Gasteiger partial charge < -0.3 is 10.6 Å². The Morgan fingerprint density at radius 3 is 2.72 bits per heavy atom. The second kappa shape index (κ2) is 4.02. The predicted octanol–water partition coefficient (Wildman–Crippen LogP) is 3.14. The normalized spacial score (nSPS) is 21.7. The van der Waals surface area contributed by atoms with Gasteiger partial charge >= 0.3 is 0 Å². The van der Waals surface area contributed by atoms with Crippen molar-refractivity contribution in [3.63, 3.8) is 0 Å². The summed E-state index contributed by atoms with van der Waals surface area (Å²) < 4.78 is 0. The summed E-state index contributed by atoms with van der Waals surface area (Å²) in [7, 11) is 0. The van der Waals surface area contributed by atoms with Gasteiger partial charge in [-0.05, 0) is 31.0 Å². The monoisotopic (exact) mass is 239 g/mol. The number of fused-ring (bicyclic) bond motifs is 1. The summed E-state index contributed by atoms with van der Waals surface area (Å²) in [4.78, 5) is 4.43. The summed E-state index contributed by atoms with van der Waals surface area (Å²) in [5.74, 6) is 0.938. The molecule has 2 heterocycles. The second-order valence-electron chi connectivity index (χ2n) is 5.03. The van der Waals surface area contributed by atoms with Gasteiger partial charge in [-0.2, -0.15) is 0 Å². The number of rotatable bonds is 1. The third-order valence-electron chi connectivity index (χ3n) is 3.58. The van der Waals surface area contributed by atoms with E-state index in [-0.39, 0.29) is 5.54 Å². The first-order chi connectivity index (χ1) is 8.69. The zero-order valence-electron chi connectivity index (χ0n) is 10.7. The molecule has 18 heavy (non-hydrogen) atoms. The molecule has 3 rings (SSSR count). The molecule has 2 N–H and O–H groups in total. The van der Waals surface area contributed by atoms with Crippen molar-refractivity contribution in [3.05, 3.63) is 53.7 Å². The molecule has 0 spiro atoms. The van der Waals surface area contributed by atoms with E-state index in [2.05, 4.69) is 53.7 Å². The van der Waals surface area contributed by atoms with Crippen molar-refractivity contribution < 1.29 is 0 Å². The fourth-order valence-electron chi connectivity index (χ4n) is 2.43. The number of aromatic nitrogens is 1. The molecule has 1 aliphatic heterocycles. The molecule has 0 saturated carbocycles. The number of aryl methyl sites for hydroxylation is 1. The number of nitrogens with one attached hydrogen (secondary N) is 2. The molecule has 1 aromatic heterocycles. The van der Waals surface area contributed by atoms with Gasteiger partial charge in [0.15, 0.2) is 0 Å². The Morgan fingerprint density at radius 1 is 1.17 bits per heavy atom. The van der Waals surface area contributed by atoms with E-state index in [9.17, 15) is 0 Å². The van der Waals surface area contributed by atoms with Gasteiger partial charge in [-0.3, -0.25) is 0 Å². The highest BCUT2D eigenvalue weighted by Crippen LogP contribution is 2.35. The van der Waals surface area contributed by atoms with E-state index in [0.717, 1.165) is 18.1 Å². The van der Waals surface area contributed by atoms with Gasteiger partial charge in [-0.15, -0.1) is 0 Å². The molecule has 2 aromatic rings. The maximum absolute atomic E-state index is 4.43. The first kappa shape index (κ1) is 11.1. The standard InChI is InChI=1S/C15H17N3/c1-11-8-9-16-14-13(11)17-10-15(2,18-14)12-6-4-3-5-7-12/h3-9,17H,10H2,1-2H3,(H,16,18). The zero-order valence-corrected chi connectivity index (χ0v) is 10.7. The van der Waals surface area contributed by atoms with Crippen molar-refractivity contribution in [1.29, 1.82) is 0 Å². The van der Waals surface area contributed by atoms with Crippen molar-refractivity contribution in [3.8, 4) is 0 Å². The van der Waals surface area contributed by atoms with Crippen LogP contribution in [0.4, 0.5) is 11.5 Å². The second-order valence-corrected chi connectivity index (χ2v) is 5.03. The van der Waals surface area contributed by atoms with Gasteiger partial charge in [0.05, 0.1) is 11.2 Å². The quantitative estimate of drug-likeness (QED) is 0.802. The molecule has 92 valence electrons. The smallest absolute Gasteiger partial charge is 0.150 e. The molecule has 1 aliphatic rings. The SMILES string of the molecule is Cc1ccnc2c1NCC(C)(c1ccccc1)N2. The lowest BCUT2D eigenvalue weighted by atomic mass is 9.90. The highest BCUT2D eigenvalue weighted by molar-refractivity contribution is 5.72. The highest BCUT2D eigenvalue weighted by Gasteiger charge is 2.31. The van der Waals surface area contributed by atoms with E-state index in [0.29, 0.717) is 0 Å². The van der Waals surface area contributed by atoms with Gasteiger partial charge in [-0.25, -0.2) is 4.98 Å². The zero-order chi connectivity index (χ0) is 12.6. The van der Waals surface area contributed by atoms with E-state index >= 15 is 0 Å². The summed E-state index contributed by atoms with van der Waals surface area (Å²) in [6.45, 7) is 5.15. The van der Waals surface area contributed by atoms with Crippen molar-refractivity contribution >= 4 is 11.5 Å². The topological polar surface area (TPSA) is 37.0 Å². The fourth-order valence-corrected chi connectivity index (χ4v) is 2.43. The van der Waals surface area contributed by atoms with Crippen molar-refractivity contribution in [1.82, 2.24) is 4.98 Å². The van der Waals surface area contributed by atoms with Crippen LogP contribution in [0.3, 0.4) is 0 Å². The lowest BCUT2D eigenvalue weighted by Crippen LogP contribution is -2.43. The minimum Gasteiger partial charge on any atom is -0.379 e. The molecule has 1 atom stereocenters. The van der Waals surface area contributed by atoms with Crippen LogP contribution in [-0.4, -0.2) is 11.5 Å². The Hall–Kier alpha value is -2.03. The number of hydrogen-bond donors (Lipinski definition) is 2. The maximum atomic E-state index is 4.43. The molecule has 1 unspecified atom stereocenters. The lowest BCUT2D eigenvalue weighted by molar-refractivity contribution is 0.561. The largest absolute Gasteiger partial charge is 0.379 e. The first-order valence-corrected chi connectivity index (χ1v) is 6.22. The molecule has 3 heteroatoms. The van der Waals surface area contributed by atoms with E-state index in [1.165, 1.54) is 11.1 Å². The number of anilines is 2. The van der Waals surface area contributed by atoms with E-state index in [1.54, 1.807) is 0 Å². The average molecular weight is 239 g/mol. The Kier molecular flexibility index (Phi) is 2.47. The van der Waals surface area contributed by atoms with Crippen LogP contribution in [-0.2, 0) is 5.54 Å². The van der Waals surface area contributed by atoms with Crippen LogP contribution in [0, 0.1) is 6.92 Å². The Balaban J connectivity index is 2.00. The predicted molar refractivity (Wildman–Crippen MR) is 74.9 cm³/mol. The Labute approximate surface area is 107 Å². The summed E-state index contributed by atoms with van der Waals surface area (Å²) in [6, 6.07) is 12.5. The van der Waals surface area contributed by atoms with Crippen LogP contribution in [0.5, 0.6) is 0 Å². The maximum Gasteiger partial charge on any atom is 0.150 e. The third-order valence-corrected chi connectivity index (χ3v) is 3.58. The summed E-state index contributed by atoms with van der Waals surface area (Å²) in [5, 5.41) is 7.05. The summed E-state index contributed by atoms with van der Waals surface area (Å²) >= 11 is 0. The number of nitrogens with zero attached hydrogens (tertiary/aromatic N) is 1. The molecule has 0 aliphatic carbocycles. The van der Waals surface area contributed by atoms with Crippen LogP contribution in [0.25, 0.3) is 0 Å². The van der Waals surface area contributed by atoms with Gasteiger partial charge in [0.25, 0.3) is 0 Å². The number of hydrogen-bond acceptors (Lipinski definition) is 3. The number of pyridine rings is 1. The minimum atomic E-state index is -0.116. The fraction of sp³-hybridized carbons (Fsp3) is 0.267. The van der Waals surface area contributed by atoms with Crippen molar-refractivity contribution in [2.45, 2.75) is 19.4 Å². The Morgan fingerprint density at radius 2 is 1.94 bits per heavy atom. The number of benzene rings is 1. The molecular formula is C15H17N3. The summed E-state index contributed by atoms with van der Waals surface area (Å²) in [6.07, 6.45) is 1.85. The third kappa shape index (κ3) is 1.72. The summed E-state index contributed by atoms with van der Waals surface area (Å²) in [5.41, 5.74) is 3.50. The molecular weight excluding hydrogens is 222 g/mol. The lowest BCUT2D eigenvalue weighted by Gasteiger charge is -2.38. The Bertz CT molecular complexity index is 565. The van der Waals surface area contributed by atoms with Crippen molar-refractivity contribution in [2.24, 2.45) is 0 Å². The van der Waals surface area contributed by atoms with Crippen LogP contribution >= 0.6 is 0 Å². The van der Waals surface area contributed by atoms with Crippen LogP contribution in [0.15, 0.2) is 42.6 Å². The molecule has 0 bridgehead atoms. The highest BCUT2D eigenvalue weighted by atomic mass is 15.2. The molecule has 0 saturated heterocycles. The first-order valence-electron chi connectivity index (χ1n) is 6.22. The van der Waals surface area contributed by atoms with E-state index < -0.39 is 0 Å². The molecule has 0 amide bonds. The van der Waals surface area contributed by atoms with Gasteiger partial charge in [0.1, 0.15) is 5.82 Å². The van der Waals surface area contributed by atoms with E-state index in [1.807, 2.05) is 18.3 Å². The average Bonchev–Trinajstić information content (AvgIpc) is 2.40.